The molecular weight excluding hydrogens is 210 g/mol. The molecule has 0 aliphatic rings. The van der Waals surface area contributed by atoms with E-state index in [1.807, 2.05) is 31.2 Å². The largest absolute Gasteiger partial charge is 0.384 e. The molecule has 0 spiro atoms. The average molecular weight is 222 g/mol. The van der Waals surface area contributed by atoms with Crippen molar-refractivity contribution in [3.05, 3.63) is 47.1 Å². The predicted octanol–water partition coefficient (Wildman–Crippen LogP) is 2.73. The van der Waals surface area contributed by atoms with Crippen molar-refractivity contribution in [1.29, 1.82) is 0 Å². The summed E-state index contributed by atoms with van der Waals surface area (Å²) in [6, 6.07) is 9.60. The monoisotopic (exact) mass is 221 g/mol. The lowest BCUT2D eigenvalue weighted by molar-refractivity contribution is 0.573. The van der Waals surface area contributed by atoms with Crippen LogP contribution in [0.4, 0.5) is 5.82 Å². The molecule has 1 aromatic heterocycles. The smallest absolute Gasteiger partial charge is 0.122 e. The summed E-state index contributed by atoms with van der Waals surface area (Å²) in [5, 5.41) is 4.91. The van der Waals surface area contributed by atoms with E-state index in [1.54, 1.807) is 16.9 Å². The first-order valence-corrected chi connectivity index (χ1v) is 5.11. The number of nitrogens with two attached hydrogens (primary N) is 1. The summed E-state index contributed by atoms with van der Waals surface area (Å²) in [6.45, 7) is 2.05. The molecule has 0 amide bonds. The molecule has 15 heavy (non-hydrogen) atoms. The van der Waals surface area contributed by atoms with Crippen molar-refractivity contribution in [2.75, 3.05) is 5.73 Å². The Kier molecular flexibility index (Phi) is 2.64. The lowest BCUT2D eigenvalue weighted by atomic mass is 10.1. The molecule has 2 N–H and O–H groups in total. The van der Waals surface area contributed by atoms with Crippen LogP contribution in [0, 0.1) is 0 Å². The third kappa shape index (κ3) is 1.97. The van der Waals surface area contributed by atoms with Gasteiger partial charge in [0, 0.05) is 5.02 Å². The molecule has 2 aromatic rings. The first-order valence-electron chi connectivity index (χ1n) is 4.73. The lowest BCUT2D eigenvalue weighted by Gasteiger charge is -2.14. The lowest BCUT2D eigenvalue weighted by Crippen LogP contribution is -2.11. The molecule has 0 saturated heterocycles. The number of halogens is 1. The highest BCUT2D eigenvalue weighted by atomic mass is 35.5. The Morgan fingerprint density at radius 3 is 2.47 bits per heavy atom. The van der Waals surface area contributed by atoms with Gasteiger partial charge in [-0.25, -0.2) is 4.68 Å². The minimum Gasteiger partial charge on any atom is -0.384 e. The molecule has 2 rings (SSSR count). The highest BCUT2D eigenvalue weighted by molar-refractivity contribution is 6.30. The summed E-state index contributed by atoms with van der Waals surface area (Å²) in [7, 11) is 0. The van der Waals surface area contributed by atoms with Gasteiger partial charge in [0.05, 0.1) is 12.2 Å². The van der Waals surface area contributed by atoms with Crippen LogP contribution in [0.3, 0.4) is 0 Å². The first-order chi connectivity index (χ1) is 7.18. The van der Waals surface area contributed by atoms with Crippen molar-refractivity contribution in [2.24, 2.45) is 0 Å². The summed E-state index contributed by atoms with van der Waals surface area (Å²) < 4.78 is 1.78. The van der Waals surface area contributed by atoms with Crippen molar-refractivity contribution in [2.45, 2.75) is 13.0 Å². The fourth-order valence-electron chi connectivity index (χ4n) is 1.53. The number of hydrogen-bond acceptors (Lipinski definition) is 2. The topological polar surface area (TPSA) is 43.8 Å². The fraction of sp³-hybridized carbons (Fsp3) is 0.182. The minimum atomic E-state index is 0.122. The van der Waals surface area contributed by atoms with Crippen molar-refractivity contribution in [1.82, 2.24) is 9.78 Å². The highest BCUT2D eigenvalue weighted by Gasteiger charge is 2.09. The molecule has 0 fully saturated rings. The average Bonchev–Trinajstić information content (AvgIpc) is 2.65. The molecule has 0 radical (unpaired) electrons. The van der Waals surface area contributed by atoms with Gasteiger partial charge in [0.1, 0.15) is 5.82 Å². The van der Waals surface area contributed by atoms with Crippen LogP contribution in [0.1, 0.15) is 18.5 Å². The summed E-state index contributed by atoms with van der Waals surface area (Å²) in [4.78, 5) is 0. The van der Waals surface area contributed by atoms with Gasteiger partial charge in [-0.15, -0.1) is 0 Å². The van der Waals surface area contributed by atoms with Crippen LogP contribution in [-0.4, -0.2) is 9.78 Å². The molecule has 0 saturated carbocycles. The summed E-state index contributed by atoms with van der Waals surface area (Å²) in [5.41, 5.74) is 6.92. The Morgan fingerprint density at radius 1 is 1.27 bits per heavy atom. The number of benzene rings is 1. The van der Waals surface area contributed by atoms with E-state index in [9.17, 15) is 0 Å². The third-order valence-corrected chi connectivity index (χ3v) is 2.67. The highest BCUT2D eigenvalue weighted by Crippen LogP contribution is 2.21. The van der Waals surface area contributed by atoms with E-state index in [2.05, 4.69) is 5.10 Å². The molecule has 1 atom stereocenters. The van der Waals surface area contributed by atoms with Crippen LogP contribution in [-0.2, 0) is 0 Å². The van der Waals surface area contributed by atoms with E-state index >= 15 is 0 Å². The van der Waals surface area contributed by atoms with Gasteiger partial charge in [0.15, 0.2) is 0 Å². The van der Waals surface area contributed by atoms with Crippen molar-refractivity contribution in [3.63, 3.8) is 0 Å². The van der Waals surface area contributed by atoms with E-state index in [0.29, 0.717) is 5.82 Å². The van der Waals surface area contributed by atoms with E-state index < -0.39 is 0 Å². The van der Waals surface area contributed by atoms with Crippen molar-refractivity contribution in [3.8, 4) is 0 Å². The molecule has 0 aliphatic carbocycles. The van der Waals surface area contributed by atoms with Crippen molar-refractivity contribution < 1.29 is 0 Å². The van der Waals surface area contributed by atoms with E-state index in [1.165, 1.54) is 0 Å². The van der Waals surface area contributed by atoms with Gasteiger partial charge in [-0.05, 0) is 30.7 Å². The fourth-order valence-corrected chi connectivity index (χ4v) is 1.66. The van der Waals surface area contributed by atoms with Gasteiger partial charge in [-0.2, -0.15) is 5.10 Å². The maximum Gasteiger partial charge on any atom is 0.122 e. The second-order valence-electron chi connectivity index (χ2n) is 3.43. The van der Waals surface area contributed by atoms with Crippen molar-refractivity contribution >= 4 is 17.4 Å². The molecule has 1 aromatic carbocycles. The van der Waals surface area contributed by atoms with Crippen LogP contribution < -0.4 is 5.73 Å². The molecule has 78 valence electrons. The molecule has 1 heterocycles. The number of anilines is 1. The molecule has 4 heteroatoms. The van der Waals surface area contributed by atoms with Gasteiger partial charge in [-0.3, -0.25) is 0 Å². The Bertz CT molecular complexity index is 447. The van der Waals surface area contributed by atoms with Crippen LogP contribution in [0.2, 0.25) is 5.02 Å². The van der Waals surface area contributed by atoms with Crippen LogP contribution in [0.5, 0.6) is 0 Å². The standard InChI is InChI=1S/C11H12ClN3/c1-8(15-11(13)6-7-14-15)9-2-4-10(12)5-3-9/h2-8H,13H2,1H3/t8-/m0/s1. The number of rotatable bonds is 2. The van der Waals surface area contributed by atoms with E-state index in [4.69, 9.17) is 17.3 Å². The first kappa shape index (κ1) is 10.1. The maximum atomic E-state index is 5.83. The van der Waals surface area contributed by atoms with Crippen LogP contribution >= 0.6 is 11.6 Å². The molecule has 0 aliphatic heterocycles. The van der Waals surface area contributed by atoms with E-state index in [-0.39, 0.29) is 6.04 Å². The Hall–Kier alpha value is -1.48. The molecular formula is C11H12ClN3. The predicted molar refractivity (Wildman–Crippen MR) is 61.9 cm³/mol. The minimum absolute atomic E-state index is 0.122. The van der Waals surface area contributed by atoms with E-state index in [0.717, 1.165) is 10.6 Å². The number of nitrogen functional groups attached to an aromatic ring is 1. The Labute approximate surface area is 93.5 Å². The summed E-state index contributed by atoms with van der Waals surface area (Å²) in [6.07, 6.45) is 1.70. The zero-order valence-electron chi connectivity index (χ0n) is 8.39. The van der Waals surface area contributed by atoms with Gasteiger partial charge in [0.25, 0.3) is 0 Å². The van der Waals surface area contributed by atoms with Gasteiger partial charge < -0.3 is 5.73 Å². The maximum absolute atomic E-state index is 5.83. The molecule has 3 nitrogen and oxygen atoms in total. The Morgan fingerprint density at radius 2 is 1.93 bits per heavy atom. The number of hydrogen-bond donors (Lipinski definition) is 1. The van der Waals surface area contributed by atoms with Crippen LogP contribution in [0.25, 0.3) is 0 Å². The summed E-state index contributed by atoms with van der Waals surface area (Å²) >= 11 is 5.83. The summed E-state index contributed by atoms with van der Waals surface area (Å²) in [5.74, 6) is 0.664. The third-order valence-electron chi connectivity index (χ3n) is 2.42. The SMILES string of the molecule is C[C@@H](c1ccc(Cl)cc1)n1nccc1N. The van der Waals surface area contributed by atoms with Gasteiger partial charge >= 0.3 is 0 Å². The second kappa shape index (κ2) is 3.95. The van der Waals surface area contributed by atoms with Crippen LogP contribution in [0.15, 0.2) is 36.5 Å². The Balaban J connectivity index is 2.32. The van der Waals surface area contributed by atoms with Gasteiger partial charge in [-0.1, -0.05) is 23.7 Å². The zero-order valence-corrected chi connectivity index (χ0v) is 9.15. The molecule has 0 bridgehead atoms. The van der Waals surface area contributed by atoms with Gasteiger partial charge in [0.2, 0.25) is 0 Å². The normalized spacial score (nSPS) is 12.7. The number of nitrogens with zero attached hydrogens (tertiary/aromatic N) is 2. The number of aromatic nitrogens is 2. The quantitative estimate of drug-likeness (QED) is 0.848. The molecule has 0 unspecified atom stereocenters. The zero-order chi connectivity index (χ0) is 10.8. The second-order valence-corrected chi connectivity index (χ2v) is 3.86.